The second-order valence-electron chi connectivity index (χ2n) is 13.7. The Morgan fingerprint density at radius 1 is 0.451 bits per heavy atom. The molecular formula is C45H29N3O2S. The first-order valence-corrected chi connectivity index (χ1v) is 18.2. The summed E-state index contributed by atoms with van der Waals surface area (Å²) in [6.45, 7) is 0. The first-order valence-electron chi connectivity index (χ1n) is 17.4. The molecule has 2 aliphatic heterocycles. The van der Waals surface area contributed by atoms with E-state index in [1.807, 2.05) is 29.5 Å². The zero-order valence-corrected chi connectivity index (χ0v) is 28.1. The van der Waals surface area contributed by atoms with Gasteiger partial charge in [-0.3, -0.25) is 5.32 Å². The number of fused-ring (bicyclic) bond motifs is 10. The van der Waals surface area contributed by atoms with Crippen molar-refractivity contribution in [1.29, 1.82) is 0 Å². The minimum absolute atomic E-state index is 0.0174. The maximum Gasteiger partial charge on any atom is 0.143 e. The van der Waals surface area contributed by atoms with Gasteiger partial charge < -0.3 is 8.83 Å². The van der Waals surface area contributed by atoms with Crippen LogP contribution in [0, 0.1) is 0 Å². The first kappa shape index (κ1) is 28.0. The Morgan fingerprint density at radius 3 is 1.92 bits per heavy atom. The van der Waals surface area contributed by atoms with Crippen molar-refractivity contribution < 1.29 is 8.83 Å². The standard InChI is InChI=1S/C45H29N3O2S/c1-2-10-26(11-3-1)43-46-44(48-45(47(43)48)28-20-22-39-35(25-28)30-13-5-6-18-37(30)49-39)27-21-23-40-36(24-27)34-17-9-16-33(42(34)51-40)32-15-8-14-31-29-12-4-7-19-38(29)50-41(31)32/h1-25,43-46H. The predicted octanol–water partition coefficient (Wildman–Crippen LogP) is 12.1. The Morgan fingerprint density at radius 2 is 1.08 bits per heavy atom. The number of hydrazine groups is 1. The van der Waals surface area contributed by atoms with Crippen LogP contribution in [-0.4, -0.2) is 10.0 Å². The van der Waals surface area contributed by atoms with Crippen molar-refractivity contribution in [3.05, 3.63) is 168 Å². The van der Waals surface area contributed by atoms with Crippen LogP contribution in [0.3, 0.4) is 0 Å². The summed E-state index contributed by atoms with van der Waals surface area (Å²) < 4.78 is 15.2. The van der Waals surface area contributed by atoms with Crippen LogP contribution in [0.2, 0.25) is 0 Å². The molecule has 0 bridgehead atoms. The normalized spacial score (nSPS) is 21.5. The Labute approximate surface area is 296 Å². The summed E-state index contributed by atoms with van der Waals surface area (Å²) >= 11 is 1.86. The summed E-state index contributed by atoms with van der Waals surface area (Å²) in [5, 5.41) is 16.2. The maximum absolute atomic E-state index is 6.48. The highest BCUT2D eigenvalue weighted by Crippen LogP contribution is 2.57. The molecule has 2 fully saturated rings. The fourth-order valence-corrected chi connectivity index (χ4v) is 9.76. The molecule has 0 spiro atoms. The fourth-order valence-electron chi connectivity index (χ4n) is 8.55. The van der Waals surface area contributed by atoms with E-state index in [0.29, 0.717) is 0 Å². The molecule has 3 aromatic heterocycles. The van der Waals surface area contributed by atoms with E-state index in [2.05, 4.69) is 149 Å². The molecule has 10 aromatic rings. The number of hydrogen-bond acceptors (Lipinski definition) is 6. The molecule has 2 aliphatic rings. The summed E-state index contributed by atoms with van der Waals surface area (Å²) in [5.74, 6) is 0. The van der Waals surface area contributed by atoms with E-state index >= 15 is 0 Å². The number of para-hydroxylation sites is 3. The van der Waals surface area contributed by atoms with Crippen molar-refractivity contribution in [2.45, 2.75) is 18.5 Å². The minimum Gasteiger partial charge on any atom is -0.456 e. The molecule has 6 heteroatoms. The molecule has 2 saturated heterocycles. The van der Waals surface area contributed by atoms with Crippen LogP contribution in [0.15, 0.2) is 160 Å². The lowest BCUT2D eigenvalue weighted by molar-refractivity contribution is 0.314. The largest absolute Gasteiger partial charge is 0.456 e. The van der Waals surface area contributed by atoms with E-state index in [0.717, 1.165) is 49.4 Å². The van der Waals surface area contributed by atoms with Gasteiger partial charge >= 0.3 is 0 Å². The molecule has 12 rings (SSSR count). The van der Waals surface area contributed by atoms with Crippen molar-refractivity contribution in [2.75, 3.05) is 0 Å². The van der Waals surface area contributed by atoms with Gasteiger partial charge in [0.15, 0.2) is 0 Å². The lowest BCUT2D eigenvalue weighted by Gasteiger charge is -2.21. The molecule has 51 heavy (non-hydrogen) atoms. The lowest BCUT2D eigenvalue weighted by Crippen LogP contribution is -2.27. The third-order valence-corrected chi connectivity index (χ3v) is 12.1. The van der Waals surface area contributed by atoms with Gasteiger partial charge in [0, 0.05) is 52.8 Å². The Hall–Kier alpha value is -5.76. The third kappa shape index (κ3) is 4.01. The number of benzene rings is 7. The van der Waals surface area contributed by atoms with Gasteiger partial charge in [-0.1, -0.05) is 115 Å². The zero-order valence-electron chi connectivity index (χ0n) is 27.3. The number of thiophene rings is 1. The van der Waals surface area contributed by atoms with E-state index in [9.17, 15) is 0 Å². The number of nitrogens with zero attached hydrogens (tertiary/aromatic N) is 2. The van der Waals surface area contributed by atoms with Crippen molar-refractivity contribution in [3.8, 4) is 11.1 Å². The Kier molecular flexibility index (Phi) is 5.70. The van der Waals surface area contributed by atoms with Gasteiger partial charge in [0.2, 0.25) is 0 Å². The van der Waals surface area contributed by atoms with E-state index in [4.69, 9.17) is 8.83 Å². The van der Waals surface area contributed by atoms with Gasteiger partial charge in [0.1, 0.15) is 40.8 Å². The minimum atomic E-state index is 0.0174. The number of nitrogens with one attached hydrogen (secondary N) is 1. The summed E-state index contributed by atoms with van der Waals surface area (Å²) in [4.78, 5) is 0. The molecule has 5 nitrogen and oxygen atoms in total. The Bertz CT molecular complexity index is 3010. The highest BCUT2D eigenvalue weighted by Gasteiger charge is 2.60. The fraction of sp³-hybridized carbons (Fsp3) is 0.0667. The molecule has 0 radical (unpaired) electrons. The van der Waals surface area contributed by atoms with Gasteiger partial charge in [0.25, 0.3) is 0 Å². The molecule has 0 amide bonds. The number of furan rings is 2. The molecule has 5 heterocycles. The van der Waals surface area contributed by atoms with Crippen molar-refractivity contribution in [1.82, 2.24) is 15.3 Å². The van der Waals surface area contributed by atoms with Crippen molar-refractivity contribution in [2.24, 2.45) is 0 Å². The van der Waals surface area contributed by atoms with Gasteiger partial charge in [0.05, 0.1) is 0 Å². The highest BCUT2D eigenvalue weighted by atomic mass is 32.1. The van der Waals surface area contributed by atoms with Crippen LogP contribution >= 0.6 is 11.3 Å². The molecule has 5 atom stereocenters. The first-order chi connectivity index (χ1) is 25.3. The number of rotatable bonds is 4. The van der Waals surface area contributed by atoms with Crippen LogP contribution in [0.1, 0.15) is 35.2 Å². The quantitative estimate of drug-likeness (QED) is 0.188. The molecule has 0 saturated carbocycles. The van der Waals surface area contributed by atoms with Crippen molar-refractivity contribution >= 4 is 75.4 Å². The molecule has 5 unspecified atom stereocenters. The van der Waals surface area contributed by atoms with Gasteiger partial charge in [-0.05, 0) is 53.1 Å². The molecule has 7 aromatic carbocycles. The van der Waals surface area contributed by atoms with E-state index in [-0.39, 0.29) is 18.5 Å². The third-order valence-electron chi connectivity index (χ3n) is 10.9. The predicted molar refractivity (Wildman–Crippen MR) is 207 cm³/mol. The average Bonchev–Trinajstić information content (AvgIpc) is 3.54. The maximum atomic E-state index is 6.48. The van der Waals surface area contributed by atoms with Gasteiger partial charge in [-0.25, -0.2) is 0 Å². The molecule has 242 valence electrons. The van der Waals surface area contributed by atoms with Crippen molar-refractivity contribution in [3.63, 3.8) is 0 Å². The van der Waals surface area contributed by atoms with E-state index in [1.54, 1.807) is 0 Å². The average molecular weight is 676 g/mol. The second kappa shape index (κ2) is 10.4. The van der Waals surface area contributed by atoms with Crippen LogP contribution < -0.4 is 5.32 Å². The number of hydrogen-bond donors (Lipinski definition) is 1. The van der Waals surface area contributed by atoms with Gasteiger partial charge in [-0.15, -0.1) is 11.3 Å². The molecule has 0 aliphatic carbocycles. The summed E-state index contributed by atoms with van der Waals surface area (Å²) in [6.07, 6.45) is 0.220. The van der Waals surface area contributed by atoms with Crippen LogP contribution in [-0.2, 0) is 0 Å². The summed E-state index contributed by atoms with van der Waals surface area (Å²) in [5.41, 5.74) is 9.85. The van der Waals surface area contributed by atoms with Crippen LogP contribution in [0.5, 0.6) is 0 Å². The van der Waals surface area contributed by atoms with Crippen LogP contribution in [0.4, 0.5) is 0 Å². The molecular weight excluding hydrogens is 647 g/mol. The zero-order chi connectivity index (χ0) is 33.2. The van der Waals surface area contributed by atoms with Gasteiger partial charge in [-0.2, -0.15) is 10.0 Å². The Balaban J connectivity index is 0.975. The highest BCUT2D eigenvalue weighted by molar-refractivity contribution is 7.26. The van der Waals surface area contributed by atoms with Crippen LogP contribution in [0.25, 0.3) is 75.2 Å². The summed E-state index contributed by atoms with van der Waals surface area (Å²) in [7, 11) is 0. The summed E-state index contributed by atoms with van der Waals surface area (Å²) in [6, 6.07) is 54.3. The monoisotopic (exact) mass is 675 g/mol. The smallest absolute Gasteiger partial charge is 0.143 e. The topological polar surface area (TPSA) is 44.3 Å². The molecule has 1 N–H and O–H groups in total. The van der Waals surface area contributed by atoms with E-state index < -0.39 is 0 Å². The SMILES string of the molecule is c1ccc(C2NC(c3ccc4sc5c(-c6cccc7c6oc6ccccc67)cccc5c4c3)N3C(c4ccc5oc6ccccc6c5c4)N23)cc1. The lowest BCUT2D eigenvalue weighted by atomic mass is 9.99. The second-order valence-corrected chi connectivity index (χ2v) is 14.7. The van der Waals surface area contributed by atoms with E-state index in [1.165, 1.54) is 42.4 Å².